The number of halogens is 1. The van der Waals surface area contributed by atoms with E-state index in [1.807, 2.05) is 0 Å². The fourth-order valence-corrected chi connectivity index (χ4v) is 2.84. The van der Waals surface area contributed by atoms with Gasteiger partial charge in [0, 0.05) is 31.5 Å². The van der Waals surface area contributed by atoms with Gasteiger partial charge in [-0.25, -0.2) is 8.42 Å². The van der Waals surface area contributed by atoms with Crippen molar-refractivity contribution in [1.82, 2.24) is 4.90 Å². The van der Waals surface area contributed by atoms with Crippen LogP contribution in [-0.4, -0.2) is 45.1 Å². The molecule has 23 heavy (non-hydrogen) atoms. The number of sulfone groups is 1. The van der Waals surface area contributed by atoms with Gasteiger partial charge in [0.05, 0.1) is 5.75 Å². The average Bonchev–Trinajstić information content (AvgIpc) is 2.42. The SMILES string of the molecule is CC(C)C(N)CCN(C)C(=O)c1ccc(CS(C)(=O)=O)cc1.Cl. The molecule has 1 amide bonds. The van der Waals surface area contributed by atoms with Crippen LogP contribution >= 0.6 is 12.4 Å². The molecule has 1 unspecified atom stereocenters. The monoisotopic (exact) mass is 362 g/mol. The highest BCUT2D eigenvalue weighted by atomic mass is 35.5. The topological polar surface area (TPSA) is 80.5 Å². The van der Waals surface area contributed by atoms with Crippen LogP contribution < -0.4 is 5.73 Å². The van der Waals surface area contributed by atoms with Gasteiger partial charge in [-0.2, -0.15) is 0 Å². The van der Waals surface area contributed by atoms with E-state index in [1.54, 1.807) is 36.2 Å². The number of nitrogens with two attached hydrogens (primary N) is 1. The average molecular weight is 363 g/mol. The van der Waals surface area contributed by atoms with Crippen LogP contribution in [0.5, 0.6) is 0 Å². The quantitative estimate of drug-likeness (QED) is 0.805. The van der Waals surface area contributed by atoms with Gasteiger partial charge in [0.25, 0.3) is 5.91 Å². The van der Waals surface area contributed by atoms with E-state index >= 15 is 0 Å². The highest BCUT2D eigenvalue weighted by molar-refractivity contribution is 7.89. The molecule has 0 fully saturated rings. The summed E-state index contributed by atoms with van der Waals surface area (Å²) in [5, 5.41) is 0. The highest BCUT2D eigenvalue weighted by Gasteiger charge is 2.14. The van der Waals surface area contributed by atoms with Gasteiger partial charge in [0.15, 0.2) is 9.84 Å². The summed E-state index contributed by atoms with van der Waals surface area (Å²) in [5.74, 6) is 0.293. The lowest BCUT2D eigenvalue weighted by Gasteiger charge is -2.21. The minimum Gasteiger partial charge on any atom is -0.342 e. The summed E-state index contributed by atoms with van der Waals surface area (Å²) < 4.78 is 22.5. The lowest BCUT2D eigenvalue weighted by molar-refractivity contribution is 0.0789. The molecule has 0 aliphatic rings. The Morgan fingerprint density at radius 3 is 2.17 bits per heavy atom. The third kappa shape index (κ3) is 7.81. The van der Waals surface area contributed by atoms with Crippen LogP contribution in [0.25, 0.3) is 0 Å². The first kappa shape index (κ1) is 21.9. The second kappa shape index (κ2) is 9.25. The maximum Gasteiger partial charge on any atom is 0.253 e. The van der Waals surface area contributed by atoms with Gasteiger partial charge in [-0.05, 0) is 30.0 Å². The van der Waals surface area contributed by atoms with Crippen molar-refractivity contribution in [2.24, 2.45) is 11.7 Å². The van der Waals surface area contributed by atoms with E-state index in [0.29, 0.717) is 23.6 Å². The van der Waals surface area contributed by atoms with E-state index in [4.69, 9.17) is 5.73 Å². The standard InChI is InChI=1S/C16H26N2O3S.ClH/c1-12(2)15(17)9-10-18(3)16(19)14-7-5-13(6-8-14)11-22(4,20)21;/h5-8,12,15H,9-11,17H2,1-4H3;1H. The summed E-state index contributed by atoms with van der Waals surface area (Å²) in [6.45, 7) is 4.73. The number of hydrogen-bond donors (Lipinski definition) is 1. The summed E-state index contributed by atoms with van der Waals surface area (Å²) in [6, 6.07) is 6.78. The van der Waals surface area contributed by atoms with E-state index in [-0.39, 0.29) is 30.1 Å². The maximum atomic E-state index is 12.3. The fraction of sp³-hybridized carbons (Fsp3) is 0.562. The predicted molar refractivity (Wildman–Crippen MR) is 96.6 cm³/mol. The Morgan fingerprint density at radius 1 is 1.22 bits per heavy atom. The van der Waals surface area contributed by atoms with Crippen LogP contribution in [-0.2, 0) is 15.6 Å². The van der Waals surface area contributed by atoms with Crippen LogP contribution in [0.15, 0.2) is 24.3 Å². The van der Waals surface area contributed by atoms with E-state index < -0.39 is 9.84 Å². The summed E-state index contributed by atoms with van der Waals surface area (Å²) in [6.07, 6.45) is 1.95. The van der Waals surface area contributed by atoms with Gasteiger partial charge in [-0.1, -0.05) is 26.0 Å². The first-order valence-electron chi connectivity index (χ1n) is 7.38. The van der Waals surface area contributed by atoms with Gasteiger partial charge < -0.3 is 10.6 Å². The molecule has 5 nitrogen and oxygen atoms in total. The van der Waals surface area contributed by atoms with Crippen molar-refractivity contribution in [2.45, 2.75) is 32.1 Å². The Hall–Kier alpha value is -1.11. The van der Waals surface area contributed by atoms with E-state index in [1.165, 1.54) is 6.26 Å². The van der Waals surface area contributed by atoms with Crippen molar-refractivity contribution >= 4 is 28.2 Å². The zero-order valence-corrected chi connectivity index (χ0v) is 15.8. The Morgan fingerprint density at radius 2 is 1.74 bits per heavy atom. The van der Waals surface area contributed by atoms with Gasteiger partial charge in [-0.3, -0.25) is 4.79 Å². The van der Waals surface area contributed by atoms with E-state index in [9.17, 15) is 13.2 Å². The van der Waals surface area contributed by atoms with Gasteiger partial charge in [-0.15, -0.1) is 12.4 Å². The lowest BCUT2D eigenvalue weighted by Crippen LogP contribution is -2.34. The molecule has 0 aliphatic carbocycles. The van der Waals surface area contributed by atoms with Gasteiger partial charge >= 0.3 is 0 Å². The van der Waals surface area contributed by atoms with Crippen molar-refractivity contribution in [1.29, 1.82) is 0 Å². The summed E-state index contributed by atoms with van der Waals surface area (Å²) in [4.78, 5) is 13.9. The van der Waals surface area contributed by atoms with Gasteiger partial charge in [0.2, 0.25) is 0 Å². The number of nitrogens with zero attached hydrogens (tertiary/aromatic N) is 1. The number of hydrogen-bond acceptors (Lipinski definition) is 4. The van der Waals surface area contributed by atoms with Crippen LogP contribution in [0.4, 0.5) is 0 Å². The molecule has 0 aromatic heterocycles. The molecule has 0 radical (unpaired) electrons. The van der Waals surface area contributed by atoms with Crippen LogP contribution in [0.1, 0.15) is 36.2 Å². The Labute approximate surface area is 145 Å². The van der Waals surface area contributed by atoms with Crippen molar-refractivity contribution in [3.05, 3.63) is 35.4 Å². The molecule has 0 bridgehead atoms. The van der Waals surface area contributed by atoms with E-state index in [0.717, 1.165) is 6.42 Å². The molecule has 0 heterocycles. The fourth-order valence-electron chi connectivity index (χ4n) is 2.04. The maximum absolute atomic E-state index is 12.3. The van der Waals surface area contributed by atoms with Crippen LogP contribution in [0.2, 0.25) is 0 Å². The molecule has 0 saturated heterocycles. The molecule has 1 aromatic rings. The second-order valence-electron chi connectivity index (χ2n) is 6.19. The van der Waals surface area contributed by atoms with Crippen molar-refractivity contribution in [3.63, 3.8) is 0 Å². The molecule has 0 aliphatic heterocycles. The number of carbonyl (C=O) groups is 1. The minimum atomic E-state index is -3.06. The molecule has 2 N–H and O–H groups in total. The first-order chi connectivity index (χ1) is 10.1. The molecule has 1 aromatic carbocycles. The Kier molecular flexibility index (Phi) is 8.80. The molecular weight excluding hydrogens is 336 g/mol. The summed E-state index contributed by atoms with van der Waals surface area (Å²) in [5.41, 5.74) is 7.22. The van der Waals surface area contributed by atoms with Crippen molar-refractivity contribution < 1.29 is 13.2 Å². The normalized spacial score (nSPS) is 12.6. The second-order valence-corrected chi connectivity index (χ2v) is 8.33. The Balaban J connectivity index is 0.00000484. The van der Waals surface area contributed by atoms with Gasteiger partial charge in [0.1, 0.15) is 0 Å². The van der Waals surface area contributed by atoms with E-state index in [2.05, 4.69) is 13.8 Å². The number of carbonyl (C=O) groups excluding carboxylic acids is 1. The molecule has 0 spiro atoms. The molecule has 7 heteroatoms. The lowest BCUT2D eigenvalue weighted by atomic mass is 10.0. The van der Waals surface area contributed by atoms with Crippen LogP contribution in [0.3, 0.4) is 0 Å². The number of rotatable bonds is 7. The zero-order chi connectivity index (χ0) is 16.9. The van der Waals surface area contributed by atoms with Crippen molar-refractivity contribution in [2.75, 3.05) is 19.8 Å². The molecule has 1 atom stereocenters. The van der Waals surface area contributed by atoms with Crippen molar-refractivity contribution in [3.8, 4) is 0 Å². The predicted octanol–water partition coefficient (Wildman–Crippen LogP) is 2.10. The molecule has 1 rings (SSSR count). The highest BCUT2D eigenvalue weighted by Crippen LogP contribution is 2.11. The molecule has 0 saturated carbocycles. The number of benzene rings is 1. The minimum absolute atomic E-state index is 0. The Bertz CT molecular complexity index is 600. The largest absolute Gasteiger partial charge is 0.342 e. The third-order valence-corrected chi connectivity index (χ3v) is 4.49. The number of amides is 1. The summed E-state index contributed by atoms with van der Waals surface area (Å²) in [7, 11) is -1.31. The zero-order valence-electron chi connectivity index (χ0n) is 14.2. The summed E-state index contributed by atoms with van der Waals surface area (Å²) >= 11 is 0. The molecular formula is C16H27ClN2O3S. The van der Waals surface area contributed by atoms with Crippen LogP contribution in [0, 0.1) is 5.92 Å². The smallest absolute Gasteiger partial charge is 0.253 e. The molecule has 132 valence electrons. The third-order valence-electron chi connectivity index (χ3n) is 3.63. The first-order valence-corrected chi connectivity index (χ1v) is 9.44.